The third-order valence-electron chi connectivity index (χ3n) is 5.52. The SMILES string of the molecule is C[C@H]1CCc2sc3ncnc(OC4CCC(N(C)C)CC4)c3c21. The lowest BCUT2D eigenvalue weighted by Gasteiger charge is -2.32. The molecule has 0 bridgehead atoms. The topological polar surface area (TPSA) is 38.3 Å². The van der Waals surface area contributed by atoms with E-state index in [1.54, 1.807) is 6.33 Å². The van der Waals surface area contributed by atoms with Gasteiger partial charge in [-0.25, -0.2) is 9.97 Å². The highest BCUT2D eigenvalue weighted by Gasteiger charge is 2.29. The molecule has 0 radical (unpaired) electrons. The van der Waals surface area contributed by atoms with Crippen LogP contribution in [0.15, 0.2) is 6.33 Å². The van der Waals surface area contributed by atoms with Gasteiger partial charge in [0.25, 0.3) is 0 Å². The highest BCUT2D eigenvalue weighted by atomic mass is 32.1. The van der Waals surface area contributed by atoms with Crippen molar-refractivity contribution in [2.75, 3.05) is 14.1 Å². The van der Waals surface area contributed by atoms with Crippen LogP contribution in [0.25, 0.3) is 10.2 Å². The average Bonchev–Trinajstić information content (AvgIpc) is 3.08. The van der Waals surface area contributed by atoms with E-state index in [1.165, 1.54) is 41.5 Å². The first-order valence-corrected chi connectivity index (χ1v) is 9.54. The zero-order valence-electron chi connectivity index (χ0n) is 14.2. The van der Waals surface area contributed by atoms with Crippen LogP contribution in [0.1, 0.15) is 55.4 Å². The van der Waals surface area contributed by atoms with E-state index >= 15 is 0 Å². The van der Waals surface area contributed by atoms with Gasteiger partial charge >= 0.3 is 0 Å². The van der Waals surface area contributed by atoms with Crippen LogP contribution in [0.5, 0.6) is 5.88 Å². The molecular weight excluding hydrogens is 306 g/mol. The fourth-order valence-corrected chi connectivity index (χ4v) is 5.36. The summed E-state index contributed by atoms with van der Waals surface area (Å²) < 4.78 is 6.37. The molecule has 0 saturated heterocycles. The summed E-state index contributed by atoms with van der Waals surface area (Å²) in [6.45, 7) is 2.32. The van der Waals surface area contributed by atoms with E-state index in [1.807, 2.05) is 11.3 Å². The van der Waals surface area contributed by atoms with Gasteiger partial charge in [0.05, 0.1) is 5.39 Å². The number of hydrogen-bond donors (Lipinski definition) is 0. The molecule has 0 aliphatic heterocycles. The number of thiophene rings is 1. The van der Waals surface area contributed by atoms with Crippen molar-refractivity contribution < 1.29 is 4.74 Å². The molecule has 4 nitrogen and oxygen atoms in total. The second-order valence-corrected chi connectivity index (χ2v) is 8.33. The van der Waals surface area contributed by atoms with Crippen molar-refractivity contribution in [3.05, 3.63) is 16.8 Å². The molecule has 124 valence electrons. The van der Waals surface area contributed by atoms with E-state index in [4.69, 9.17) is 4.74 Å². The third kappa shape index (κ3) is 2.74. The summed E-state index contributed by atoms with van der Waals surface area (Å²) >= 11 is 1.83. The van der Waals surface area contributed by atoms with Crippen LogP contribution in [0.4, 0.5) is 0 Å². The molecule has 0 N–H and O–H groups in total. The molecule has 0 amide bonds. The van der Waals surface area contributed by atoms with Crippen molar-refractivity contribution in [2.45, 2.75) is 63.5 Å². The lowest BCUT2D eigenvalue weighted by Crippen LogP contribution is -2.35. The van der Waals surface area contributed by atoms with E-state index < -0.39 is 0 Å². The van der Waals surface area contributed by atoms with Gasteiger partial charge in [-0.05, 0) is 64.1 Å². The maximum Gasteiger partial charge on any atom is 0.225 e. The Labute approximate surface area is 141 Å². The summed E-state index contributed by atoms with van der Waals surface area (Å²) in [7, 11) is 4.35. The molecule has 2 aliphatic carbocycles. The lowest BCUT2D eigenvalue weighted by molar-refractivity contribution is 0.108. The fraction of sp³-hybridized carbons (Fsp3) is 0.667. The molecule has 0 spiro atoms. The molecule has 2 aromatic heterocycles. The molecule has 0 unspecified atom stereocenters. The Morgan fingerprint density at radius 1 is 1.13 bits per heavy atom. The molecule has 0 aromatic carbocycles. The van der Waals surface area contributed by atoms with Crippen LogP contribution in [-0.4, -0.2) is 41.1 Å². The zero-order valence-corrected chi connectivity index (χ0v) is 15.0. The molecular formula is C18H25N3OS. The number of hydrogen-bond acceptors (Lipinski definition) is 5. The first-order chi connectivity index (χ1) is 11.1. The van der Waals surface area contributed by atoms with E-state index in [9.17, 15) is 0 Å². The van der Waals surface area contributed by atoms with Crippen molar-refractivity contribution >= 4 is 21.6 Å². The van der Waals surface area contributed by atoms with Crippen LogP contribution < -0.4 is 4.74 Å². The Hall–Kier alpha value is -1.20. The van der Waals surface area contributed by atoms with Crippen molar-refractivity contribution in [1.82, 2.24) is 14.9 Å². The number of fused-ring (bicyclic) bond motifs is 3. The van der Waals surface area contributed by atoms with Gasteiger partial charge in [0.15, 0.2) is 0 Å². The number of nitrogens with zero attached hydrogens (tertiary/aromatic N) is 3. The predicted molar refractivity (Wildman–Crippen MR) is 94.5 cm³/mol. The van der Waals surface area contributed by atoms with E-state index in [2.05, 4.69) is 35.9 Å². The number of rotatable bonds is 3. The quantitative estimate of drug-likeness (QED) is 0.852. The van der Waals surface area contributed by atoms with Gasteiger partial charge in [-0.1, -0.05) is 6.92 Å². The Morgan fingerprint density at radius 2 is 1.91 bits per heavy atom. The maximum absolute atomic E-state index is 6.37. The highest BCUT2D eigenvalue weighted by molar-refractivity contribution is 7.19. The van der Waals surface area contributed by atoms with Crippen molar-refractivity contribution in [1.29, 1.82) is 0 Å². The van der Waals surface area contributed by atoms with Crippen molar-refractivity contribution in [3.63, 3.8) is 0 Å². The predicted octanol–water partition coefficient (Wildman–Crippen LogP) is 3.99. The fourth-order valence-electron chi connectivity index (χ4n) is 4.10. The standard InChI is InChI=1S/C18H25N3OS/c1-11-4-9-14-15(11)16-17(19-10-20-18(16)23-14)22-13-7-5-12(6-8-13)21(2)3/h10-13H,4-9H2,1-3H3/t11-,12?,13?/m0/s1. The van der Waals surface area contributed by atoms with Crippen molar-refractivity contribution in [3.8, 4) is 5.88 Å². The molecule has 23 heavy (non-hydrogen) atoms. The first-order valence-electron chi connectivity index (χ1n) is 8.73. The van der Waals surface area contributed by atoms with Crippen LogP contribution >= 0.6 is 11.3 Å². The van der Waals surface area contributed by atoms with E-state index in [-0.39, 0.29) is 0 Å². The molecule has 2 heterocycles. The van der Waals surface area contributed by atoms with Crippen molar-refractivity contribution in [2.24, 2.45) is 0 Å². The Bertz CT molecular complexity index is 704. The minimum absolute atomic E-state index is 0.302. The van der Waals surface area contributed by atoms with Crippen LogP contribution in [0.2, 0.25) is 0 Å². The van der Waals surface area contributed by atoms with Gasteiger partial charge in [-0.2, -0.15) is 0 Å². The van der Waals surface area contributed by atoms with Gasteiger partial charge in [-0.3, -0.25) is 0 Å². The summed E-state index contributed by atoms with van der Waals surface area (Å²) in [5.74, 6) is 1.44. The number of aromatic nitrogens is 2. The van der Waals surface area contributed by atoms with Gasteiger partial charge < -0.3 is 9.64 Å². The minimum atomic E-state index is 0.302. The second-order valence-electron chi connectivity index (χ2n) is 7.25. The monoisotopic (exact) mass is 331 g/mol. The summed E-state index contributed by atoms with van der Waals surface area (Å²) in [5, 5.41) is 1.20. The van der Waals surface area contributed by atoms with Crippen LogP contribution in [0.3, 0.4) is 0 Å². The molecule has 2 aliphatic rings. The molecule has 1 fully saturated rings. The Kier molecular flexibility index (Phi) is 4.01. The summed E-state index contributed by atoms with van der Waals surface area (Å²) in [6, 6.07) is 0.700. The molecule has 1 saturated carbocycles. The number of ether oxygens (including phenoxy) is 1. The maximum atomic E-state index is 6.37. The molecule has 1 atom stereocenters. The van der Waals surface area contributed by atoms with Gasteiger partial charge in [-0.15, -0.1) is 11.3 Å². The largest absolute Gasteiger partial charge is 0.474 e. The van der Waals surface area contributed by atoms with Gasteiger partial charge in [0.1, 0.15) is 17.3 Å². The highest BCUT2D eigenvalue weighted by Crippen LogP contribution is 2.45. The average molecular weight is 331 g/mol. The third-order valence-corrected chi connectivity index (χ3v) is 6.69. The van der Waals surface area contributed by atoms with E-state index in [0.717, 1.165) is 23.6 Å². The Balaban J connectivity index is 1.58. The number of aryl methyl sites for hydroxylation is 1. The zero-order chi connectivity index (χ0) is 16.0. The summed E-state index contributed by atoms with van der Waals surface area (Å²) in [4.78, 5) is 13.9. The summed E-state index contributed by atoms with van der Waals surface area (Å²) in [5.41, 5.74) is 1.46. The molecule has 4 rings (SSSR count). The lowest BCUT2D eigenvalue weighted by atomic mass is 9.92. The molecule has 5 heteroatoms. The van der Waals surface area contributed by atoms with Gasteiger partial charge in [0, 0.05) is 10.9 Å². The molecule has 2 aromatic rings. The van der Waals surface area contributed by atoms with Crippen LogP contribution in [0, 0.1) is 0 Å². The summed E-state index contributed by atoms with van der Waals surface area (Å²) in [6.07, 6.45) is 9.07. The van der Waals surface area contributed by atoms with E-state index in [0.29, 0.717) is 18.1 Å². The Morgan fingerprint density at radius 3 is 2.65 bits per heavy atom. The van der Waals surface area contributed by atoms with Gasteiger partial charge in [0.2, 0.25) is 5.88 Å². The smallest absolute Gasteiger partial charge is 0.225 e. The minimum Gasteiger partial charge on any atom is -0.474 e. The normalized spacial score (nSPS) is 27.6. The van der Waals surface area contributed by atoms with Crippen LogP contribution in [-0.2, 0) is 6.42 Å². The first kappa shape index (κ1) is 15.3. The second kappa shape index (κ2) is 6.02.